The van der Waals surface area contributed by atoms with Crippen molar-refractivity contribution in [1.29, 1.82) is 0 Å². The molecule has 1 aromatic heterocycles. The highest BCUT2D eigenvalue weighted by Gasteiger charge is 2.14. The molecule has 0 spiro atoms. The molecular formula is C12H20N2O. The molecule has 1 rings (SSSR count). The molecule has 0 bridgehead atoms. The molecule has 3 nitrogen and oxygen atoms in total. The predicted molar refractivity (Wildman–Crippen MR) is 61.3 cm³/mol. The van der Waals surface area contributed by atoms with Crippen LogP contribution < -0.4 is 5.73 Å². The zero-order valence-electron chi connectivity index (χ0n) is 9.79. The first-order valence-corrected chi connectivity index (χ1v) is 5.35. The van der Waals surface area contributed by atoms with Crippen LogP contribution in [-0.2, 0) is 17.9 Å². The highest BCUT2D eigenvalue weighted by Crippen LogP contribution is 2.16. The van der Waals surface area contributed by atoms with Crippen molar-refractivity contribution in [2.45, 2.75) is 45.9 Å². The van der Waals surface area contributed by atoms with Gasteiger partial charge in [0.2, 0.25) is 0 Å². The van der Waals surface area contributed by atoms with Gasteiger partial charge in [0.15, 0.2) is 0 Å². The molecule has 0 amide bonds. The molecular weight excluding hydrogens is 188 g/mol. The molecule has 1 aromatic rings. The van der Waals surface area contributed by atoms with Crippen LogP contribution in [-0.4, -0.2) is 10.6 Å². The van der Waals surface area contributed by atoms with Crippen molar-refractivity contribution in [1.82, 2.24) is 4.98 Å². The summed E-state index contributed by atoms with van der Waals surface area (Å²) in [7, 11) is 0. The lowest BCUT2D eigenvalue weighted by Gasteiger charge is -2.23. The van der Waals surface area contributed by atoms with E-state index in [1.165, 1.54) is 0 Å². The fourth-order valence-corrected chi connectivity index (χ4v) is 1.11. The Hall–Kier alpha value is -0.930. The molecule has 1 heterocycles. The largest absolute Gasteiger partial charge is 0.371 e. The summed E-state index contributed by atoms with van der Waals surface area (Å²) in [4.78, 5) is 4.14. The van der Waals surface area contributed by atoms with E-state index in [0.717, 1.165) is 17.7 Å². The smallest absolute Gasteiger partial charge is 0.0725 e. The average Bonchev–Trinajstić information content (AvgIpc) is 2.27. The van der Waals surface area contributed by atoms with E-state index in [0.29, 0.717) is 13.2 Å². The van der Waals surface area contributed by atoms with Gasteiger partial charge in [-0.1, -0.05) is 6.92 Å². The molecule has 0 aromatic carbocycles. The van der Waals surface area contributed by atoms with Crippen LogP contribution in [0.1, 0.15) is 38.4 Å². The lowest BCUT2D eigenvalue weighted by molar-refractivity contribution is -0.0316. The van der Waals surface area contributed by atoms with Crippen molar-refractivity contribution in [3.05, 3.63) is 29.6 Å². The summed E-state index contributed by atoms with van der Waals surface area (Å²) >= 11 is 0. The minimum absolute atomic E-state index is 0.0633. The molecule has 3 heteroatoms. The first-order valence-electron chi connectivity index (χ1n) is 5.35. The molecule has 0 radical (unpaired) electrons. The second-order valence-electron chi connectivity index (χ2n) is 4.26. The van der Waals surface area contributed by atoms with Crippen LogP contribution in [0.2, 0.25) is 0 Å². The summed E-state index contributed by atoms with van der Waals surface area (Å²) in [6.07, 6.45) is 2.78. The van der Waals surface area contributed by atoms with Crippen molar-refractivity contribution in [2.24, 2.45) is 5.73 Å². The number of rotatable bonds is 5. The maximum Gasteiger partial charge on any atom is 0.0725 e. The van der Waals surface area contributed by atoms with E-state index in [1.54, 1.807) is 6.20 Å². The lowest BCUT2D eigenvalue weighted by Crippen LogP contribution is -2.22. The number of pyridine rings is 1. The number of hydrogen-bond acceptors (Lipinski definition) is 3. The molecule has 15 heavy (non-hydrogen) atoms. The van der Waals surface area contributed by atoms with Crippen LogP contribution in [0, 0.1) is 0 Å². The summed E-state index contributed by atoms with van der Waals surface area (Å²) in [5.41, 5.74) is 7.50. The Bertz CT molecular complexity index is 310. The highest BCUT2D eigenvalue weighted by atomic mass is 16.5. The van der Waals surface area contributed by atoms with Crippen LogP contribution in [0.5, 0.6) is 0 Å². The van der Waals surface area contributed by atoms with E-state index in [-0.39, 0.29) is 5.60 Å². The zero-order valence-corrected chi connectivity index (χ0v) is 9.79. The second-order valence-corrected chi connectivity index (χ2v) is 4.26. The fourth-order valence-electron chi connectivity index (χ4n) is 1.11. The van der Waals surface area contributed by atoms with Gasteiger partial charge in [0.1, 0.15) is 0 Å². The van der Waals surface area contributed by atoms with Crippen molar-refractivity contribution >= 4 is 0 Å². The Kier molecular flexibility index (Phi) is 4.24. The topological polar surface area (TPSA) is 48.1 Å². The van der Waals surface area contributed by atoms with Gasteiger partial charge in [-0.05, 0) is 38.0 Å². The zero-order chi connectivity index (χ0) is 11.3. The van der Waals surface area contributed by atoms with Crippen molar-refractivity contribution in [3.63, 3.8) is 0 Å². The van der Waals surface area contributed by atoms with E-state index in [2.05, 4.69) is 25.8 Å². The number of nitrogens with zero attached hydrogens (tertiary/aromatic N) is 1. The molecule has 0 unspecified atom stereocenters. The number of ether oxygens (including phenoxy) is 1. The Balaban J connectivity index is 2.57. The maximum atomic E-state index is 5.80. The van der Waals surface area contributed by atoms with Crippen LogP contribution in [0.3, 0.4) is 0 Å². The van der Waals surface area contributed by atoms with E-state index in [9.17, 15) is 0 Å². The van der Waals surface area contributed by atoms with E-state index in [4.69, 9.17) is 10.5 Å². The van der Waals surface area contributed by atoms with Gasteiger partial charge in [-0.15, -0.1) is 0 Å². The molecule has 2 N–H and O–H groups in total. The molecule has 0 aliphatic carbocycles. The number of nitrogens with two attached hydrogens (primary N) is 1. The Morgan fingerprint density at radius 2 is 2.20 bits per heavy atom. The first kappa shape index (κ1) is 12.1. The molecule has 0 saturated carbocycles. The highest BCUT2D eigenvalue weighted by molar-refractivity contribution is 5.15. The third-order valence-corrected chi connectivity index (χ3v) is 2.57. The summed E-state index contributed by atoms with van der Waals surface area (Å²) < 4.78 is 5.80. The van der Waals surface area contributed by atoms with Crippen molar-refractivity contribution in [2.75, 3.05) is 0 Å². The summed E-state index contributed by atoms with van der Waals surface area (Å²) in [5.74, 6) is 0. The van der Waals surface area contributed by atoms with Crippen molar-refractivity contribution < 1.29 is 4.74 Å². The Morgan fingerprint density at radius 3 is 2.80 bits per heavy atom. The maximum absolute atomic E-state index is 5.80. The minimum Gasteiger partial charge on any atom is -0.371 e. The number of aromatic nitrogens is 1. The van der Waals surface area contributed by atoms with Gasteiger partial charge in [0.05, 0.1) is 17.9 Å². The third-order valence-electron chi connectivity index (χ3n) is 2.57. The lowest BCUT2D eigenvalue weighted by atomic mass is 10.1. The first-order chi connectivity index (χ1) is 7.07. The summed E-state index contributed by atoms with van der Waals surface area (Å²) in [6, 6.07) is 3.96. The van der Waals surface area contributed by atoms with Gasteiger partial charge in [-0.25, -0.2) is 0 Å². The third kappa shape index (κ3) is 3.98. The summed E-state index contributed by atoms with van der Waals surface area (Å²) in [5, 5.41) is 0. The molecule has 0 fully saturated rings. The molecule has 0 aliphatic heterocycles. The van der Waals surface area contributed by atoms with Gasteiger partial charge in [0, 0.05) is 12.7 Å². The molecule has 0 atom stereocenters. The number of hydrogen-bond donors (Lipinski definition) is 1. The van der Waals surface area contributed by atoms with Crippen molar-refractivity contribution in [3.8, 4) is 0 Å². The standard InChI is InChI=1S/C12H20N2O/c1-4-12(2,3)15-9-10-5-6-14-11(7-10)8-13/h5-7H,4,8-9,13H2,1-3H3. The SMILES string of the molecule is CCC(C)(C)OCc1ccnc(CN)c1. The minimum atomic E-state index is -0.0633. The van der Waals surface area contributed by atoms with Gasteiger partial charge in [-0.3, -0.25) is 4.98 Å². The van der Waals surface area contributed by atoms with E-state index < -0.39 is 0 Å². The van der Waals surface area contributed by atoms with Crippen LogP contribution in [0.4, 0.5) is 0 Å². The molecule has 84 valence electrons. The van der Waals surface area contributed by atoms with Gasteiger partial charge in [0.25, 0.3) is 0 Å². The van der Waals surface area contributed by atoms with Gasteiger partial charge in [-0.2, -0.15) is 0 Å². The van der Waals surface area contributed by atoms with Crippen LogP contribution in [0.25, 0.3) is 0 Å². The quantitative estimate of drug-likeness (QED) is 0.807. The van der Waals surface area contributed by atoms with Gasteiger partial charge >= 0.3 is 0 Å². The van der Waals surface area contributed by atoms with Gasteiger partial charge < -0.3 is 10.5 Å². The second kappa shape index (κ2) is 5.24. The van der Waals surface area contributed by atoms with Crippen LogP contribution >= 0.6 is 0 Å². The van der Waals surface area contributed by atoms with E-state index in [1.807, 2.05) is 12.1 Å². The van der Waals surface area contributed by atoms with E-state index >= 15 is 0 Å². The predicted octanol–water partition coefficient (Wildman–Crippen LogP) is 2.25. The fraction of sp³-hybridized carbons (Fsp3) is 0.583. The normalized spacial score (nSPS) is 11.7. The monoisotopic (exact) mass is 208 g/mol. The molecule has 0 aliphatic rings. The Morgan fingerprint density at radius 1 is 1.47 bits per heavy atom. The molecule has 0 saturated heterocycles. The average molecular weight is 208 g/mol. The van der Waals surface area contributed by atoms with Crippen LogP contribution in [0.15, 0.2) is 18.3 Å². The summed E-state index contributed by atoms with van der Waals surface area (Å²) in [6.45, 7) is 7.41. The Labute approximate surface area is 91.7 Å².